The Bertz CT molecular complexity index is 1210. The number of nitrogens with two attached hydrogens (primary N) is 1. The third-order valence-corrected chi connectivity index (χ3v) is 6.45. The minimum absolute atomic E-state index is 0.0469. The van der Waals surface area contributed by atoms with Crippen LogP contribution in [0.25, 0.3) is 17.4 Å². The Labute approximate surface area is 202 Å². The fraction of sp³-hybridized carbons (Fsp3) is 0.571. The van der Waals surface area contributed by atoms with E-state index >= 15 is 0 Å². The average molecular weight is 511 g/mol. The quantitative estimate of drug-likeness (QED) is 0.494. The van der Waals surface area contributed by atoms with Crippen LogP contribution in [0.1, 0.15) is 19.3 Å². The van der Waals surface area contributed by atoms with E-state index < -0.39 is 24.9 Å². The summed E-state index contributed by atoms with van der Waals surface area (Å²) >= 11 is 0. The van der Waals surface area contributed by atoms with E-state index in [9.17, 15) is 22.4 Å². The number of piperidine rings is 1. The van der Waals surface area contributed by atoms with Crippen LogP contribution in [-0.4, -0.2) is 97.9 Å². The number of rotatable bonds is 6. The lowest BCUT2D eigenvalue weighted by Crippen LogP contribution is -2.57. The van der Waals surface area contributed by atoms with Gasteiger partial charge in [0.1, 0.15) is 6.04 Å². The van der Waals surface area contributed by atoms with Crippen LogP contribution >= 0.6 is 0 Å². The lowest BCUT2D eigenvalue weighted by Gasteiger charge is -2.41. The van der Waals surface area contributed by atoms with E-state index in [-0.39, 0.29) is 49.8 Å². The number of carbonyl (C=O) groups excluding carboxylic acids is 1. The lowest BCUT2D eigenvalue weighted by molar-refractivity contribution is -0.148. The van der Waals surface area contributed by atoms with Crippen molar-refractivity contribution >= 4 is 23.6 Å². The summed E-state index contributed by atoms with van der Waals surface area (Å²) in [4.78, 5) is 31.2. The summed E-state index contributed by atoms with van der Waals surface area (Å²) in [5.41, 5.74) is 6.12. The molecule has 15 heteroatoms. The Kier molecular flexibility index (Phi) is 6.40. The highest BCUT2D eigenvalue weighted by atomic mass is 19.3. The molecule has 0 bridgehead atoms. The summed E-state index contributed by atoms with van der Waals surface area (Å²) in [5.74, 6) is -3.04. The number of amides is 1. The molecule has 2 aliphatic rings. The van der Waals surface area contributed by atoms with Crippen molar-refractivity contribution in [2.75, 3.05) is 49.9 Å². The number of aromatic nitrogens is 5. The van der Waals surface area contributed by atoms with E-state index in [1.165, 1.54) is 15.7 Å². The topological polar surface area (TPSA) is 122 Å². The maximum atomic E-state index is 13.4. The number of nitrogen functional groups attached to an aromatic ring is 1. The largest absolute Gasteiger partial charge is 0.461 e. The van der Waals surface area contributed by atoms with Crippen LogP contribution in [-0.2, 0) is 4.79 Å². The average Bonchev–Trinajstić information content (AvgIpc) is 3.54. The number of piperazine rings is 1. The number of hydrogen-bond acceptors (Lipinski definition) is 9. The summed E-state index contributed by atoms with van der Waals surface area (Å²) < 4.78 is 58.5. The molecule has 3 aromatic heterocycles. The van der Waals surface area contributed by atoms with Gasteiger partial charge in [-0.3, -0.25) is 9.69 Å². The molecule has 0 spiro atoms. The number of furan rings is 1. The molecule has 0 aliphatic carbocycles. The van der Waals surface area contributed by atoms with Crippen molar-refractivity contribution in [3.05, 3.63) is 18.4 Å². The molecule has 0 aromatic carbocycles. The summed E-state index contributed by atoms with van der Waals surface area (Å²) in [6, 6.07) is 2.84. The molecule has 2 aliphatic heterocycles. The molecule has 2 fully saturated rings. The zero-order chi connectivity index (χ0) is 25.4. The molecule has 2 N–H and O–H groups in total. The standard InChI is InChI=1S/C21H25F4N9O2/c22-17(23)21(24,25)12-31-7-9-32(10-8-31)16(35)13-4-1-2-6-33(13)19-28-18(26)34-20(29-19)27-15(30-34)14-5-3-11-36-14/h3,5,11,13,17H,1-2,4,6-10,12H2,(H2,26,27,28,29,30)/t13-/m0/s1. The lowest BCUT2D eigenvalue weighted by atomic mass is 10.0. The zero-order valence-electron chi connectivity index (χ0n) is 19.2. The molecule has 1 atom stereocenters. The number of anilines is 2. The van der Waals surface area contributed by atoms with Gasteiger partial charge in [-0.15, -0.1) is 5.10 Å². The molecular formula is C21H25F4N9O2. The molecule has 11 nitrogen and oxygen atoms in total. The van der Waals surface area contributed by atoms with E-state index in [4.69, 9.17) is 10.2 Å². The van der Waals surface area contributed by atoms with Crippen LogP contribution in [0.4, 0.5) is 29.5 Å². The van der Waals surface area contributed by atoms with Crippen LogP contribution in [0.3, 0.4) is 0 Å². The Morgan fingerprint density at radius 3 is 2.61 bits per heavy atom. The first-order chi connectivity index (χ1) is 17.2. The van der Waals surface area contributed by atoms with Gasteiger partial charge in [-0.05, 0) is 31.4 Å². The molecule has 1 amide bonds. The number of halogens is 4. The Morgan fingerprint density at radius 2 is 1.92 bits per heavy atom. The van der Waals surface area contributed by atoms with Crippen molar-refractivity contribution in [1.29, 1.82) is 0 Å². The van der Waals surface area contributed by atoms with Crippen LogP contribution in [0, 0.1) is 0 Å². The Morgan fingerprint density at radius 1 is 1.14 bits per heavy atom. The van der Waals surface area contributed by atoms with Gasteiger partial charge in [0.05, 0.1) is 12.8 Å². The minimum atomic E-state index is -4.08. The fourth-order valence-electron chi connectivity index (χ4n) is 4.56. The van der Waals surface area contributed by atoms with Gasteiger partial charge in [0, 0.05) is 32.7 Å². The maximum Gasteiger partial charge on any atom is 0.319 e. The van der Waals surface area contributed by atoms with Crippen LogP contribution < -0.4 is 10.6 Å². The number of nitrogens with zero attached hydrogens (tertiary/aromatic N) is 8. The highest BCUT2D eigenvalue weighted by molar-refractivity contribution is 5.85. The van der Waals surface area contributed by atoms with Crippen LogP contribution in [0.15, 0.2) is 22.8 Å². The molecule has 5 rings (SSSR count). The maximum absolute atomic E-state index is 13.4. The van der Waals surface area contributed by atoms with E-state index in [0.717, 1.165) is 12.8 Å². The smallest absolute Gasteiger partial charge is 0.319 e. The number of hydrogen-bond donors (Lipinski definition) is 1. The first kappa shape index (κ1) is 24.2. The summed E-state index contributed by atoms with van der Waals surface area (Å²) in [6.45, 7) is -0.00112. The number of carbonyl (C=O) groups is 1. The van der Waals surface area contributed by atoms with Crippen molar-refractivity contribution in [2.45, 2.75) is 37.7 Å². The molecule has 0 radical (unpaired) electrons. The van der Waals surface area contributed by atoms with E-state index in [1.807, 2.05) is 0 Å². The van der Waals surface area contributed by atoms with Crippen molar-refractivity contribution < 1.29 is 26.8 Å². The number of fused-ring (bicyclic) bond motifs is 1. The summed E-state index contributed by atoms with van der Waals surface area (Å²) in [6.07, 6.45) is -0.0347. The second-order valence-electron chi connectivity index (χ2n) is 8.87. The van der Waals surface area contributed by atoms with Crippen molar-refractivity contribution in [3.63, 3.8) is 0 Å². The second-order valence-corrected chi connectivity index (χ2v) is 8.87. The van der Waals surface area contributed by atoms with E-state index in [2.05, 4.69) is 20.1 Å². The fourth-order valence-corrected chi connectivity index (χ4v) is 4.56. The highest BCUT2D eigenvalue weighted by Gasteiger charge is 2.43. The predicted octanol–water partition coefficient (Wildman–Crippen LogP) is 1.77. The van der Waals surface area contributed by atoms with Crippen LogP contribution in [0.5, 0.6) is 0 Å². The van der Waals surface area contributed by atoms with Crippen molar-refractivity contribution in [3.8, 4) is 11.6 Å². The van der Waals surface area contributed by atoms with Gasteiger partial charge in [-0.25, -0.2) is 8.78 Å². The molecule has 5 heterocycles. The van der Waals surface area contributed by atoms with Gasteiger partial charge in [-0.1, -0.05) is 0 Å². The second kappa shape index (κ2) is 9.52. The zero-order valence-corrected chi connectivity index (χ0v) is 19.2. The van der Waals surface area contributed by atoms with Gasteiger partial charge in [0.2, 0.25) is 23.6 Å². The van der Waals surface area contributed by atoms with Gasteiger partial charge in [-0.2, -0.15) is 28.2 Å². The number of alkyl halides is 4. The first-order valence-electron chi connectivity index (χ1n) is 11.6. The molecule has 36 heavy (non-hydrogen) atoms. The Hall–Kier alpha value is -3.49. The first-order valence-corrected chi connectivity index (χ1v) is 11.6. The van der Waals surface area contributed by atoms with E-state index in [0.29, 0.717) is 24.6 Å². The normalized spacial score (nSPS) is 20.0. The Balaban J connectivity index is 1.31. The van der Waals surface area contributed by atoms with E-state index in [1.54, 1.807) is 21.9 Å². The molecule has 2 saturated heterocycles. The molecule has 3 aromatic rings. The van der Waals surface area contributed by atoms with Gasteiger partial charge in [0.15, 0.2) is 5.76 Å². The molecule has 0 unspecified atom stereocenters. The molecular weight excluding hydrogens is 486 g/mol. The minimum Gasteiger partial charge on any atom is -0.461 e. The van der Waals surface area contributed by atoms with Gasteiger partial charge in [0.25, 0.3) is 5.78 Å². The third-order valence-electron chi connectivity index (χ3n) is 6.45. The van der Waals surface area contributed by atoms with Crippen LogP contribution in [0.2, 0.25) is 0 Å². The summed E-state index contributed by atoms with van der Waals surface area (Å²) in [5, 5.41) is 4.27. The predicted molar refractivity (Wildman–Crippen MR) is 120 cm³/mol. The highest BCUT2D eigenvalue weighted by Crippen LogP contribution is 2.27. The van der Waals surface area contributed by atoms with Gasteiger partial charge >= 0.3 is 12.3 Å². The summed E-state index contributed by atoms with van der Waals surface area (Å²) in [7, 11) is 0. The SMILES string of the molecule is Nc1nc(N2CCCC[C@H]2C(=O)N2CCN(CC(F)(F)C(F)F)CC2)nc2nc(-c3ccco3)nn12. The van der Waals surface area contributed by atoms with Gasteiger partial charge < -0.3 is 20.0 Å². The molecule has 0 saturated carbocycles. The third kappa shape index (κ3) is 4.66. The van der Waals surface area contributed by atoms with Crippen molar-refractivity contribution in [2.24, 2.45) is 0 Å². The monoisotopic (exact) mass is 511 g/mol. The van der Waals surface area contributed by atoms with Crippen molar-refractivity contribution in [1.82, 2.24) is 34.4 Å². The molecule has 194 valence electrons.